The van der Waals surface area contributed by atoms with Crippen LogP contribution in [0.2, 0.25) is 0 Å². The lowest BCUT2D eigenvalue weighted by Crippen LogP contribution is -2.43. The number of carbonyl (C=O) groups excluding carboxylic acids is 1. The number of carbonyl (C=O) groups is 1. The monoisotopic (exact) mass is 284 g/mol. The van der Waals surface area contributed by atoms with Crippen molar-refractivity contribution >= 4 is 5.91 Å². The molecule has 3 fully saturated rings. The molecule has 1 heterocycles. The summed E-state index contributed by atoms with van der Waals surface area (Å²) in [4.78, 5) is 13.3. The van der Waals surface area contributed by atoms with Gasteiger partial charge in [-0.1, -0.05) is 44.2 Å². The van der Waals surface area contributed by atoms with Crippen molar-refractivity contribution in [2.45, 2.75) is 52.1 Å². The molecule has 1 aliphatic heterocycles. The molecular formula is C18H24N2O. The van der Waals surface area contributed by atoms with Crippen molar-refractivity contribution in [1.29, 1.82) is 0 Å². The van der Waals surface area contributed by atoms with Crippen molar-refractivity contribution in [3.8, 4) is 0 Å². The molecule has 1 N–H and O–H groups in total. The summed E-state index contributed by atoms with van der Waals surface area (Å²) >= 11 is 0. The van der Waals surface area contributed by atoms with Gasteiger partial charge in [0, 0.05) is 6.04 Å². The van der Waals surface area contributed by atoms with E-state index in [0.29, 0.717) is 17.9 Å². The van der Waals surface area contributed by atoms with E-state index in [2.05, 4.69) is 38.3 Å². The van der Waals surface area contributed by atoms with Crippen molar-refractivity contribution in [3.05, 3.63) is 35.9 Å². The summed E-state index contributed by atoms with van der Waals surface area (Å²) in [6.07, 6.45) is 3.42. The standard InChI is InChI=1S/C18H24N2O/c1-12(13-7-5-4-6-8-13)20-16(21)18-10-9-14(17(18,2)3)11-15(18)19-20/h4-8,12,14-15,19H,9-11H2,1-3H3/t12-,14-,15-,18+/m1/s1. The average molecular weight is 284 g/mol. The Kier molecular flexibility index (Phi) is 2.60. The Balaban J connectivity index is 1.69. The van der Waals surface area contributed by atoms with Gasteiger partial charge in [-0.15, -0.1) is 0 Å². The van der Waals surface area contributed by atoms with Gasteiger partial charge in [-0.25, -0.2) is 5.43 Å². The Morgan fingerprint density at radius 3 is 2.62 bits per heavy atom. The Morgan fingerprint density at radius 1 is 1.29 bits per heavy atom. The number of hydrazine groups is 1. The molecule has 1 saturated heterocycles. The van der Waals surface area contributed by atoms with Crippen LogP contribution in [0, 0.1) is 16.7 Å². The molecule has 3 heteroatoms. The molecule has 0 radical (unpaired) electrons. The van der Waals surface area contributed by atoms with Crippen LogP contribution in [0.1, 0.15) is 51.6 Å². The van der Waals surface area contributed by atoms with E-state index in [-0.39, 0.29) is 16.9 Å². The Bertz CT molecular complexity index is 582. The third-order valence-electron chi connectivity index (χ3n) is 6.74. The third kappa shape index (κ3) is 1.45. The van der Waals surface area contributed by atoms with Crippen LogP contribution in [-0.4, -0.2) is 17.0 Å². The molecular weight excluding hydrogens is 260 g/mol. The lowest BCUT2D eigenvalue weighted by molar-refractivity contribution is -0.143. The Hall–Kier alpha value is -1.35. The first-order valence-electron chi connectivity index (χ1n) is 8.13. The fourth-order valence-corrected chi connectivity index (χ4v) is 5.27. The van der Waals surface area contributed by atoms with Crippen molar-refractivity contribution in [1.82, 2.24) is 10.4 Å². The van der Waals surface area contributed by atoms with Crippen molar-refractivity contribution in [3.63, 3.8) is 0 Å². The van der Waals surface area contributed by atoms with Gasteiger partial charge in [0.15, 0.2) is 0 Å². The van der Waals surface area contributed by atoms with Crippen LogP contribution in [0.3, 0.4) is 0 Å². The molecule has 1 spiro atoms. The second-order valence-electron chi connectivity index (χ2n) is 7.61. The van der Waals surface area contributed by atoms with Crippen LogP contribution in [0.25, 0.3) is 0 Å². The quantitative estimate of drug-likeness (QED) is 0.904. The van der Waals surface area contributed by atoms with E-state index in [1.807, 2.05) is 23.2 Å². The van der Waals surface area contributed by atoms with Gasteiger partial charge in [-0.2, -0.15) is 0 Å². The number of hydrogen-bond acceptors (Lipinski definition) is 2. The predicted octanol–water partition coefficient (Wildman–Crippen LogP) is 3.29. The molecule has 1 aromatic rings. The summed E-state index contributed by atoms with van der Waals surface area (Å²) in [5.74, 6) is 1.03. The van der Waals surface area contributed by atoms with Gasteiger partial charge in [0.05, 0.1) is 11.5 Å². The zero-order valence-electron chi connectivity index (χ0n) is 13.1. The number of hydrogen-bond donors (Lipinski definition) is 1. The smallest absolute Gasteiger partial charge is 0.245 e. The summed E-state index contributed by atoms with van der Waals surface area (Å²) in [7, 11) is 0. The molecule has 0 unspecified atom stereocenters. The number of nitrogens with zero attached hydrogens (tertiary/aromatic N) is 1. The second kappa shape index (κ2) is 4.10. The molecule has 1 aromatic carbocycles. The molecule has 2 bridgehead atoms. The highest BCUT2D eigenvalue weighted by Gasteiger charge is 2.72. The maximum absolute atomic E-state index is 13.3. The first-order chi connectivity index (χ1) is 9.98. The first-order valence-corrected chi connectivity index (χ1v) is 8.13. The highest BCUT2D eigenvalue weighted by atomic mass is 16.2. The molecule has 0 aromatic heterocycles. The number of amides is 1. The van der Waals surface area contributed by atoms with Crippen LogP contribution in [0.5, 0.6) is 0 Å². The molecule has 3 nitrogen and oxygen atoms in total. The zero-order valence-corrected chi connectivity index (χ0v) is 13.1. The van der Waals surface area contributed by atoms with Crippen LogP contribution in [0.4, 0.5) is 0 Å². The molecule has 2 aliphatic carbocycles. The van der Waals surface area contributed by atoms with Crippen molar-refractivity contribution in [2.24, 2.45) is 16.7 Å². The minimum atomic E-state index is -0.166. The fourth-order valence-electron chi connectivity index (χ4n) is 5.27. The minimum absolute atomic E-state index is 0.0912. The van der Waals surface area contributed by atoms with E-state index in [1.165, 1.54) is 12.0 Å². The summed E-state index contributed by atoms with van der Waals surface area (Å²) in [5.41, 5.74) is 4.72. The maximum atomic E-state index is 13.3. The van der Waals surface area contributed by atoms with Gasteiger partial charge < -0.3 is 0 Å². The van der Waals surface area contributed by atoms with Gasteiger partial charge in [-0.3, -0.25) is 9.80 Å². The average Bonchev–Trinajstić information content (AvgIpc) is 3.02. The van der Waals surface area contributed by atoms with Crippen LogP contribution in [-0.2, 0) is 4.79 Å². The first kappa shape index (κ1) is 13.3. The van der Waals surface area contributed by atoms with E-state index in [1.54, 1.807) is 0 Å². The van der Waals surface area contributed by atoms with E-state index >= 15 is 0 Å². The van der Waals surface area contributed by atoms with E-state index in [4.69, 9.17) is 0 Å². The molecule has 4 atom stereocenters. The van der Waals surface area contributed by atoms with Gasteiger partial charge >= 0.3 is 0 Å². The summed E-state index contributed by atoms with van der Waals surface area (Å²) < 4.78 is 0. The normalized spacial score (nSPS) is 37.9. The highest BCUT2D eigenvalue weighted by molar-refractivity contribution is 5.88. The Labute approximate surface area is 126 Å². The molecule has 2 saturated carbocycles. The minimum Gasteiger partial charge on any atom is -0.273 e. The lowest BCUT2D eigenvalue weighted by Gasteiger charge is -2.35. The third-order valence-corrected chi connectivity index (χ3v) is 6.74. The molecule has 21 heavy (non-hydrogen) atoms. The van der Waals surface area contributed by atoms with E-state index < -0.39 is 0 Å². The molecule has 4 rings (SSSR count). The SMILES string of the molecule is C[C@H](c1ccccc1)N1N[C@@H]2C[C@H]3CC[C@]2(C1=O)C3(C)C. The zero-order chi connectivity index (χ0) is 14.8. The van der Waals surface area contributed by atoms with Crippen LogP contribution >= 0.6 is 0 Å². The van der Waals surface area contributed by atoms with Gasteiger partial charge in [-0.05, 0) is 43.1 Å². The summed E-state index contributed by atoms with van der Waals surface area (Å²) in [6, 6.07) is 10.7. The molecule has 1 amide bonds. The summed E-state index contributed by atoms with van der Waals surface area (Å²) in [5, 5.41) is 1.92. The van der Waals surface area contributed by atoms with Gasteiger partial charge in [0.1, 0.15) is 0 Å². The number of benzene rings is 1. The number of rotatable bonds is 2. The number of fused-ring (bicyclic) bond motifs is 1. The maximum Gasteiger partial charge on any atom is 0.245 e. The van der Waals surface area contributed by atoms with Gasteiger partial charge in [0.2, 0.25) is 5.91 Å². The van der Waals surface area contributed by atoms with Crippen molar-refractivity contribution < 1.29 is 4.79 Å². The molecule has 3 aliphatic rings. The lowest BCUT2D eigenvalue weighted by atomic mass is 9.67. The molecule has 112 valence electrons. The highest BCUT2D eigenvalue weighted by Crippen LogP contribution is 2.68. The Morgan fingerprint density at radius 2 is 2.00 bits per heavy atom. The van der Waals surface area contributed by atoms with Crippen molar-refractivity contribution in [2.75, 3.05) is 0 Å². The topological polar surface area (TPSA) is 32.3 Å². The largest absolute Gasteiger partial charge is 0.273 e. The fraction of sp³-hybridized carbons (Fsp3) is 0.611. The van der Waals surface area contributed by atoms with E-state index in [0.717, 1.165) is 12.8 Å². The van der Waals surface area contributed by atoms with Crippen LogP contribution in [0.15, 0.2) is 30.3 Å². The predicted molar refractivity (Wildman–Crippen MR) is 82.2 cm³/mol. The second-order valence-corrected chi connectivity index (χ2v) is 7.61. The van der Waals surface area contributed by atoms with Crippen LogP contribution < -0.4 is 5.43 Å². The van der Waals surface area contributed by atoms with Gasteiger partial charge in [0.25, 0.3) is 0 Å². The van der Waals surface area contributed by atoms with E-state index in [9.17, 15) is 4.79 Å². The number of nitrogens with one attached hydrogen (secondary N) is 1. The summed E-state index contributed by atoms with van der Waals surface area (Å²) in [6.45, 7) is 6.74.